The SMILES string of the molecule is C=CCCCCCOc1ccc(C(N)CC)cc1. The van der Waals surface area contributed by atoms with E-state index in [-0.39, 0.29) is 6.04 Å². The number of unbranched alkanes of at least 4 members (excludes halogenated alkanes) is 3. The zero-order valence-electron chi connectivity index (χ0n) is 11.4. The molecule has 1 aromatic rings. The second-order valence-electron chi connectivity index (χ2n) is 4.57. The van der Waals surface area contributed by atoms with Crippen molar-refractivity contribution in [1.82, 2.24) is 0 Å². The molecule has 0 aliphatic carbocycles. The Morgan fingerprint density at radius 3 is 2.56 bits per heavy atom. The molecule has 1 atom stereocenters. The van der Waals surface area contributed by atoms with Crippen LogP contribution in [0.4, 0.5) is 0 Å². The number of allylic oxidation sites excluding steroid dienone is 1. The Balaban J connectivity index is 2.24. The van der Waals surface area contributed by atoms with E-state index in [1.807, 2.05) is 18.2 Å². The third-order valence-electron chi connectivity index (χ3n) is 3.07. The van der Waals surface area contributed by atoms with Crippen molar-refractivity contribution in [2.75, 3.05) is 6.61 Å². The van der Waals surface area contributed by atoms with Crippen LogP contribution in [0.3, 0.4) is 0 Å². The van der Waals surface area contributed by atoms with Crippen LogP contribution in [0.25, 0.3) is 0 Å². The van der Waals surface area contributed by atoms with E-state index >= 15 is 0 Å². The molecule has 1 unspecified atom stereocenters. The first kappa shape index (κ1) is 14.8. The van der Waals surface area contributed by atoms with Crippen LogP contribution in [0.15, 0.2) is 36.9 Å². The quantitative estimate of drug-likeness (QED) is 0.524. The number of hydrogen-bond donors (Lipinski definition) is 1. The van der Waals surface area contributed by atoms with Gasteiger partial charge in [0.25, 0.3) is 0 Å². The molecule has 2 heteroatoms. The molecule has 0 aromatic heterocycles. The van der Waals surface area contributed by atoms with Crippen molar-refractivity contribution >= 4 is 0 Å². The number of nitrogens with two attached hydrogens (primary N) is 1. The predicted octanol–water partition coefficient (Wildman–Crippen LogP) is 4.22. The highest BCUT2D eigenvalue weighted by Gasteiger charge is 2.02. The minimum atomic E-state index is 0.137. The number of rotatable bonds is 9. The van der Waals surface area contributed by atoms with Crippen LogP contribution < -0.4 is 10.5 Å². The first-order valence-electron chi connectivity index (χ1n) is 6.87. The fourth-order valence-electron chi connectivity index (χ4n) is 1.80. The predicted molar refractivity (Wildman–Crippen MR) is 77.8 cm³/mol. The van der Waals surface area contributed by atoms with Gasteiger partial charge < -0.3 is 10.5 Å². The molecule has 0 radical (unpaired) electrons. The summed E-state index contributed by atoms with van der Waals surface area (Å²) in [5.41, 5.74) is 7.14. The number of benzene rings is 1. The fraction of sp³-hybridized carbons (Fsp3) is 0.500. The molecule has 100 valence electrons. The highest BCUT2D eigenvalue weighted by atomic mass is 16.5. The van der Waals surface area contributed by atoms with Gasteiger partial charge in [-0.2, -0.15) is 0 Å². The molecule has 0 amide bonds. The Kier molecular flexibility index (Phi) is 7.19. The van der Waals surface area contributed by atoms with Crippen molar-refractivity contribution in [3.63, 3.8) is 0 Å². The Morgan fingerprint density at radius 2 is 1.94 bits per heavy atom. The molecule has 0 fully saturated rings. The zero-order valence-corrected chi connectivity index (χ0v) is 11.4. The van der Waals surface area contributed by atoms with E-state index in [9.17, 15) is 0 Å². The minimum Gasteiger partial charge on any atom is -0.494 e. The molecule has 1 rings (SSSR count). The van der Waals surface area contributed by atoms with Gasteiger partial charge in [-0.1, -0.05) is 25.1 Å². The average Bonchev–Trinajstić information content (AvgIpc) is 2.42. The van der Waals surface area contributed by atoms with Gasteiger partial charge in [-0.25, -0.2) is 0 Å². The maximum Gasteiger partial charge on any atom is 0.119 e. The minimum absolute atomic E-state index is 0.137. The average molecular weight is 247 g/mol. The molecule has 0 heterocycles. The summed E-state index contributed by atoms with van der Waals surface area (Å²) in [7, 11) is 0. The van der Waals surface area contributed by atoms with Crippen LogP contribution >= 0.6 is 0 Å². The maximum atomic E-state index is 5.96. The molecule has 1 aromatic carbocycles. The van der Waals surface area contributed by atoms with Gasteiger partial charge in [0, 0.05) is 6.04 Å². The molecular formula is C16H25NO. The van der Waals surface area contributed by atoms with Gasteiger partial charge >= 0.3 is 0 Å². The van der Waals surface area contributed by atoms with Crippen LogP contribution in [0.1, 0.15) is 50.6 Å². The topological polar surface area (TPSA) is 35.2 Å². The molecule has 2 nitrogen and oxygen atoms in total. The lowest BCUT2D eigenvalue weighted by Crippen LogP contribution is -2.08. The highest BCUT2D eigenvalue weighted by Crippen LogP contribution is 2.18. The lowest BCUT2D eigenvalue weighted by molar-refractivity contribution is 0.305. The summed E-state index contributed by atoms with van der Waals surface area (Å²) in [6, 6.07) is 8.27. The van der Waals surface area contributed by atoms with E-state index in [1.54, 1.807) is 0 Å². The molecule has 18 heavy (non-hydrogen) atoms. The summed E-state index contributed by atoms with van der Waals surface area (Å²) >= 11 is 0. The normalized spacial score (nSPS) is 12.1. The molecule has 0 saturated heterocycles. The molecule has 0 bridgehead atoms. The first-order chi connectivity index (χ1) is 8.77. The van der Waals surface area contributed by atoms with Crippen molar-refractivity contribution in [2.24, 2.45) is 5.73 Å². The van der Waals surface area contributed by atoms with Crippen molar-refractivity contribution in [3.8, 4) is 5.75 Å². The lowest BCUT2D eigenvalue weighted by Gasteiger charge is -2.10. The van der Waals surface area contributed by atoms with Crippen LogP contribution in [0, 0.1) is 0 Å². The standard InChI is InChI=1S/C16H25NO/c1-3-5-6-7-8-13-18-15-11-9-14(10-12-15)16(17)4-2/h3,9-12,16H,1,4-8,13,17H2,2H3. The second-order valence-corrected chi connectivity index (χ2v) is 4.57. The molecule has 0 aliphatic heterocycles. The van der Waals surface area contributed by atoms with Crippen LogP contribution in [-0.2, 0) is 0 Å². The second kappa shape index (κ2) is 8.76. The van der Waals surface area contributed by atoms with Crippen LogP contribution in [0.5, 0.6) is 5.75 Å². The summed E-state index contributed by atoms with van der Waals surface area (Å²) in [4.78, 5) is 0. The van der Waals surface area contributed by atoms with Crippen LogP contribution in [0.2, 0.25) is 0 Å². The monoisotopic (exact) mass is 247 g/mol. The Hall–Kier alpha value is -1.28. The van der Waals surface area contributed by atoms with Gasteiger partial charge in [-0.05, 0) is 49.8 Å². The van der Waals surface area contributed by atoms with E-state index in [0.29, 0.717) is 0 Å². The van der Waals surface area contributed by atoms with E-state index in [1.165, 1.54) is 18.4 Å². The third kappa shape index (κ3) is 5.37. The zero-order chi connectivity index (χ0) is 13.2. The van der Waals surface area contributed by atoms with Gasteiger partial charge in [0.05, 0.1) is 6.61 Å². The molecule has 0 aliphatic rings. The van der Waals surface area contributed by atoms with Crippen molar-refractivity contribution in [2.45, 2.75) is 45.1 Å². The van der Waals surface area contributed by atoms with E-state index in [0.717, 1.165) is 31.6 Å². The summed E-state index contributed by atoms with van der Waals surface area (Å²) in [6.45, 7) is 6.60. The Labute approximate surface area is 111 Å². The summed E-state index contributed by atoms with van der Waals surface area (Å²) < 4.78 is 5.69. The van der Waals surface area contributed by atoms with Crippen molar-refractivity contribution in [3.05, 3.63) is 42.5 Å². The first-order valence-corrected chi connectivity index (χ1v) is 6.87. The molecular weight excluding hydrogens is 222 g/mol. The fourth-order valence-corrected chi connectivity index (χ4v) is 1.80. The van der Waals surface area contributed by atoms with Gasteiger partial charge in [-0.3, -0.25) is 0 Å². The maximum absolute atomic E-state index is 5.96. The van der Waals surface area contributed by atoms with Crippen molar-refractivity contribution < 1.29 is 4.74 Å². The number of hydrogen-bond acceptors (Lipinski definition) is 2. The van der Waals surface area contributed by atoms with E-state index in [4.69, 9.17) is 10.5 Å². The van der Waals surface area contributed by atoms with E-state index in [2.05, 4.69) is 25.6 Å². The van der Waals surface area contributed by atoms with Crippen molar-refractivity contribution in [1.29, 1.82) is 0 Å². The van der Waals surface area contributed by atoms with Gasteiger partial charge in [-0.15, -0.1) is 6.58 Å². The summed E-state index contributed by atoms with van der Waals surface area (Å²) in [5.74, 6) is 0.936. The highest BCUT2D eigenvalue weighted by molar-refractivity contribution is 5.28. The van der Waals surface area contributed by atoms with Gasteiger partial charge in [0.1, 0.15) is 5.75 Å². The molecule has 2 N–H and O–H groups in total. The Morgan fingerprint density at radius 1 is 1.22 bits per heavy atom. The smallest absolute Gasteiger partial charge is 0.119 e. The number of ether oxygens (including phenoxy) is 1. The largest absolute Gasteiger partial charge is 0.494 e. The molecule has 0 spiro atoms. The molecule has 0 saturated carbocycles. The summed E-state index contributed by atoms with van der Waals surface area (Å²) in [5, 5.41) is 0. The lowest BCUT2D eigenvalue weighted by atomic mass is 10.1. The van der Waals surface area contributed by atoms with Crippen LogP contribution in [-0.4, -0.2) is 6.61 Å². The van der Waals surface area contributed by atoms with Gasteiger partial charge in [0.15, 0.2) is 0 Å². The Bertz CT molecular complexity index is 331. The summed E-state index contributed by atoms with van der Waals surface area (Å²) in [6.07, 6.45) is 7.54. The third-order valence-corrected chi connectivity index (χ3v) is 3.07. The van der Waals surface area contributed by atoms with Gasteiger partial charge in [0.2, 0.25) is 0 Å². The van der Waals surface area contributed by atoms with E-state index < -0.39 is 0 Å².